The van der Waals surface area contributed by atoms with Gasteiger partial charge in [0.05, 0.1) is 19.3 Å². The molecule has 368 valence electrons. The van der Waals surface area contributed by atoms with Crippen molar-refractivity contribution in [2.75, 3.05) is 13.2 Å². The molecule has 0 rings (SSSR count). The van der Waals surface area contributed by atoms with Gasteiger partial charge in [0.15, 0.2) is 0 Å². The number of phosphoric acid groups is 1. The Bertz CT molecular complexity index is 835. The van der Waals surface area contributed by atoms with Gasteiger partial charge in [0.1, 0.15) is 0 Å². The summed E-state index contributed by atoms with van der Waals surface area (Å²) < 4.78 is 32.0. The highest BCUT2D eigenvalue weighted by Gasteiger charge is 2.29. The summed E-state index contributed by atoms with van der Waals surface area (Å²) in [5, 5.41) is 0. The number of hydrogen-bond acceptors (Lipinski definition) is 4. The molecule has 0 aromatic carbocycles. The van der Waals surface area contributed by atoms with Gasteiger partial charge in [-0.1, -0.05) is 316 Å². The zero-order valence-corrected chi connectivity index (χ0v) is 43.6. The monoisotopic (exact) mass is 883 g/mol. The third-order valence-electron chi connectivity index (χ3n) is 13.3. The molecule has 0 bridgehead atoms. The Morgan fingerprint density at radius 2 is 0.459 bits per heavy atom. The first kappa shape index (κ1) is 61.1. The predicted molar refractivity (Wildman–Crippen MR) is 273 cm³/mol. The molecule has 4 nitrogen and oxygen atoms in total. The van der Waals surface area contributed by atoms with Crippen LogP contribution >= 0.6 is 7.82 Å². The van der Waals surface area contributed by atoms with Crippen LogP contribution in [0.1, 0.15) is 342 Å². The molecule has 0 amide bonds. The molecule has 0 saturated heterocycles. The van der Waals surface area contributed by atoms with Gasteiger partial charge in [-0.05, 0) is 26.2 Å². The van der Waals surface area contributed by atoms with Crippen molar-refractivity contribution in [3.63, 3.8) is 0 Å². The van der Waals surface area contributed by atoms with Crippen LogP contribution in [-0.2, 0) is 18.1 Å². The molecule has 0 aliphatic carbocycles. The Labute approximate surface area is 386 Å². The average molecular weight is 884 g/mol. The molecule has 0 aliphatic heterocycles. The van der Waals surface area contributed by atoms with Gasteiger partial charge >= 0.3 is 7.82 Å². The standard InChI is InChI=1S/C56H115O4P/c1-5-8-11-14-17-20-23-26-29-31-32-33-35-38-41-44-47-50-53-56(4)60-61(57,58-54-51-48-45-42-39-36-28-25-22-19-16-13-10-7-3)59-55-52-49-46-43-40-37-34-30-27-24-21-18-15-12-9-6-2/h56H,5-55H2,1-4H3. The van der Waals surface area contributed by atoms with Crippen molar-refractivity contribution in [3.05, 3.63) is 0 Å². The zero-order valence-electron chi connectivity index (χ0n) is 42.7. The van der Waals surface area contributed by atoms with Crippen LogP contribution in [0, 0.1) is 0 Å². The molecule has 0 aliphatic rings. The minimum absolute atomic E-state index is 0.103. The van der Waals surface area contributed by atoms with E-state index in [0.717, 1.165) is 38.5 Å². The summed E-state index contributed by atoms with van der Waals surface area (Å²) in [5.74, 6) is 0. The summed E-state index contributed by atoms with van der Waals surface area (Å²) in [6.07, 6.45) is 65.8. The van der Waals surface area contributed by atoms with E-state index < -0.39 is 7.82 Å². The SMILES string of the molecule is CCCCCCCCCCCCCCCCCCCCC(C)OP(=O)(OCCCCCCCCCCCCCCCC)OCCCCCCCCCCCCCCCCCC. The maximum Gasteiger partial charge on any atom is 0.475 e. The second-order valence-corrected chi connectivity index (χ2v) is 21.3. The van der Waals surface area contributed by atoms with Crippen molar-refractivity contribution >= 4 is 7.82 Å². The normalized spacial score (nSPS) is 13.3. The van der Waals surface area contributed by atoms with Crippen LogP contribution in [0.5, 0.6) is 0 Å². The van der Waals surface area contributed by atoms with Crippen LogP contribution in [-0.4, -0.2) is 19.3 Å². The quantitative estimate of drug-likeness (QED) is 0.0451. The minimum Gasteiger partial charge on any atom is -0.287 e. The molecular weight excluding hydrogens is 768 g/mol. The summed E-state index contributed by atoms with van der Waals surface area (Å²) in [6, 6.07) is 0. The minimum atomic E-state index is -3.55. The van der Waals surface area contributed by atoms with E-state index in [9.17, 15) is 4.57 Å². The third kappa shape index (κ3) is 51.0. The number of unbranched alkanes of at least 4 members (excludes halogenated alkanes) is 45. The molecule has 0 fully saturated rings. The maximum absolute atomic E-state index is 13.8. The maximum atomic E-state index is 13.8. The Morgan fingerprint density at radius 3 is 0.672 bits per heavy atom. The first-order chi connectivity index (χ1) is 30.1. The van der Waals surface area contributed by atoms with Crippen LogP contribution in [0.15, 0.2) is 0 Å². The second kappa shape index (κ2) is 52.7. The van der Waals surface area contributed by atoms with Gasteiger partial charge in [-0.25, -0.2) is 4.57 Å². The Kier molecular flexibility index (Phi) is 52.8. The van der Waals surface area contributed by atoms with E-state index in [1.165, 1.54) is 276 Å². The van der Waals surface area contributed by atoms with Gasteiger partial charge in [0.25, 0.3) is 0 Å². The molecule has 0 radical (unpaired) electrons. The van der Waals surface area contributed by atoms with Gasteiger partial charge in [-0.3, -0.25) is 13.6 Å². The predicted octanol–water partition coefficient (Wildman–Crippen LogP) is 21.7. The lowest BCUT2D eigenvalue weighted by atomic mass is 10.0. The Hall–Kier alpha value is 0.110. The van der Waals surface area contributed by atoms with Crippen LogP contribution in [0.2, 0.25) is 0 Å². The topological polar surface area (TPSA) is 44.8 Å². The van der Waals surface area contributed by atoms with E-state index >= 15 is 0 Å². The van der Waals surface area contributed by atoms with Crippen LogP contribution in [0.4, 0.5) is 0 Å². The van der Waals surface area contributed by atoms with E-state index in [0.29, 0.717) is 13.2 Å². The molecule has 0 aromatic heterocycles. The summed E-state index contributed by atoms with van der Waals surface area (Å²) in [4.78, 5) is 0. The van der Waals surface area contributed by atoms with Crippen LogP contribution in [0.3, 0.4) is 0 Å². The molecule has 61 heavy (non-hydrogen) atoms. The highest BCUT2D eigenvalue weighted by molar-refractivity contribution is 7.48. The van der Waals surface area contributed by atoms with Crippen molar-refractivity contribution in [1.29, 1.82) is 0 Å². The molecule has 2 atom stereocenters. The van der Waals surface area contributed by atoms with Crippen molar-refractivity contribution < 1.29 is 18.1 Å². The Morgan fingerprint density at radius 1 is 0.279 bits per heavy atom. The lowest BCUT2D eigenvalue weighted by molar-refractivity contribution is 0.0781. The largest absolute Gasteiger partial charge is 0.475 e. The van der Waals surface area contributed by atoms with E-state index in [4.69, 9.17) is 13.6 Å². The zero-order chi connectivity index (χ0) is 44.3. The van der Waals surface area contributed by atoms with E-state index in [1.54, 1.807) is 0 Å². The van der Waals surface area contributed by atoms with Crippen molar-refractivity contribution in [1.82, 2.24) is 0 Å². The summed E-state index contributed by atoms with van der Waals surface area (Å²) >= 11 is 0. The fourth-order valence-corrected chi connectivity index (χ4v) is 10.5. The average Bonchev–Trinajstić information content (AvgIpc) is 3.25. The number of rotatable bonds is 55. The van der Waals surface area contributed by atoms with Crippen molar-refractivity contribution in [2.45, 2.75) is 348 Å². The van der Waals surface area contributed by atoms with Gasteiger partial charge in [0.2, 0.25) is 0 Å². The van der Waals surface area contributed by atoms with Gasteiger partial charge < -0.3 is 0 Å². The second-order valence-electron chi connectivity index (χ2n) is 19.7. The van der Waals surface area contributed by atoms with Crippen LogP contribution in [0.25, 0.3) is 0 Å². The summed E-state index contributed by atoms with van der Waals surface area (Å²) in [6.45, 7) is 9.90. The van der Waals surface area contributed by atoms with Gasteiger partial charge in [-0.2, -0.15) is 0 Å². The van der Waals surface area contributed by atoms with E-state index in [-0.39, 0.29) is 6.10 Å². The van der Waals surface area contributed by atoms with Gasteiger partial charge in [0, 0.05) is 0 Å². The third-order valence-corrected chi connectivity index (χ3v) is 14.9. The lowest BCUT2D eigenvalue weighted by Crippen LogP contribution is -2.11. The molecular formula is C56H115O4P. The fraction of sp³-hybridized carbons (Fsp3) is 1.00. The van der Waals surface area contributed by atoms with Crippen LogP contribution < -0.4 is 0 Å². The van der Waals surface area contributed by atoms with Crippen molar-refractivity contribution in [3.8, 4) is 0 Å². The number of hydrogen-bond donors (Lipinski definition) is 0. The summed E-state index contributed by atoms with van der Waals surface area (Å²) in [5.41, 5.74) is 0. The summed E-state index contributed by atoms with van der Waals surface area (Å²) in [7, 11) is -3.55. The fourth-order valence-electron chi connectivity index (χ4n) is 9.00. The highest BCUT2D eigenvalue weighted by atomic mass is 31.2. The molecule has 0 N–H and O–H groups in total. The lowest BCUT2D eigenvalue weighted by Gasteiger charge is -2.22. The smallest absolute Gasteiger partial charge is 0.287 e. The Balaban J connectivity index is 4.18. The first-order valence-electron chi connectivity index (χ1n) is 28.7. The molecule has 0 aromatic rings. The first-order valence-corrected chi connectivity index (χ1v) is 30.1. The van der Waals surface area contributed by atoms with E-state index in [2.05, 4.69) is 27.7 Å². The van der Waals surface area contributed by atoms with Crippen molar-refractivity contribution in [2.24, 2.45) is 0 Å². The molecule has 0 spiro atoms. The molecule has 2 unspecified atom stereocenters. The molecule has 0 saturated carbocycles. The molecule has 5 heteroatoms. The van der Waals surface area contributed by atoms with E-state index in [1.807, 2.05) is 0 Å². The number of phosphoric ester groups is 1. The highest BCUT2D eigenvalue weighted by Crippen LogP contribution is 2.51. The van der Waals surface area contributed by atoms with Gasteiger partial charge in [-0.15, -0.1) is 0 Å². The molecule has 0 heterocycles.